The highest BCUT2D eigenvalue weighted by Crippen LogP contribution is 2.19. The zero-order valence-corrected chi connectivity index (χ0v) is 23.3. The van der Waals surface area contributed by atoms with Gasteiger partial charge in [0.2, 0.25) is 11.8 Å². The zero-order chi connectivity index (χ0) is 27.8. The molecule has 0 aliphatic heterocycles. The van der Waals surface area contributed by atoms with Crippen LogP contribution < -0.4 is 15.4 Å². The summed E-state index contributed by atoms with van der Waals surface area (Å²) in [6, 6.07) is 6.42. The van der Waals surface area contributed by atoms with Gasteiger partial charge >= 0.3 is 0 Å². The number of carbonyl (C=O) groups is 2. The molecule has 0 fully saturated rings. The van der Waals surface area contributed by atoms with E-state index in [1.165, 1.54) is 6.92 Å². The van der Waals surface area contributed by atoms with Crippen molar-refractivity contribution in [2.24, 2.45) is 5.92 Å². The monoisotopic (exact) mass is 536 g/mol. The summed E-state index contributed by atoms with van der Waals surface area (Å²) in [6.07, 6.45) is 5.27. The highest BCUT2D eigenvalue weighted by Gasteiger charge is 2.32. The van der Waals surface area contributed by atoms with Crippen LogP contribution >= 0.6 is 0 Å². The van der Waals surface area contributed by atoms with Crippen molar-refractivity contribution in [2.75, 3.05) is 18.9 Å². The number of unbranched alkanes of at least 4 members (excludes halogenated alkanes) is 2. The predicted molar refractivity (Wildman–Crippen MR) is 148 cm³/mol. The van der Waals surface area contributed by atoms with Gasteiger partial charge in [-0.3, -0.25) is 9.59 Å². The molecule has 1 aromatic rings. The maximum absolute atomic E-state index is 13.0. The lowest BCUT2D eigenvalue weighted by Gasteiger charge is -2.27. The topological polar surface area (TPSA) is 122 Å². The van der Waals surface area contributed by atoms with Crippen molar-refractivity contribution in [1.29, 1.82) is 0 Å². The van der Waals surface area contributed by atoms with Gasteiger partial charge in [-0.1, -0.05) is 51.1 Å². The molecule has 1 rings (SSSR count). The standard InChI is InChI=1S/C28H44N2O6S/c1-6-9-11-17-37(34,35)22(5)28(33)30-25(20-23-13-12-14-24(19-23)36-16-8-3)26(31)18-21(4)27(32)29-15-10-7-2/h6,8,12-14,19,21-22,25-26,31H,1,3,7,9-11,15-18,20H2,2,4-5H3,(H,29,32)(H,30,33). The largest absolute Gasteiger partial charge is 0.490 e. The molecule has 208 valence electrons. The molecule has 0 aromatic heterocycles. The Bertz CT molecular complexity index is 979. The first kappa shape index (κ1) is 32.4. The molecule has 3 N–H and O–H groups in total. The van der Waals surface area contributed by atoms with E-state index in [0.29, 0.717) is 31.7 Å². The van der Waals surface area contributed by atoms with Gasteiger partial charge in [0.25, 0.3) is 0 Å². The first-order valence-corrected chi connectivity index (χ1v) is 14.7. The number of nitrogens with one attached hydrogen (secondary N) is 2. The minimum absolute atomic E-state index is 0.107. The molecule has 9 heteroatoms. The van der Waals surface area contributed by atoms with Crippen molar-refractivity contribution in [1.82, 2.24) is 10.6 Å². The van der Waals surface area contributed by atoms with Gasteiger partial charge in [-0.15, -0.1) is 6.58 Å². The molecule has 0 heterocycles. The maximum atomic E-state index is 13.0. The number of benzene rings is 1. The summed E-state index contributed by atoms with van der Waals surface area (Å²) in [5, 5.41) is 15.4. The summed E-state index contributed by atoms with van der Waals surface area (Å²) in [6.45, 7) is 13.2. The Balaban J connectivity index is 3.05. The Kier molecular flexibility index (Phi) is 14.9. The van der Waals surface area contributed by atoms with E-state index in [0.717, 1.165) is 18.4 Å². The van der Waals surface area contributed by atoms with E-state index in [1.807, 2.05) is 13.0 Å². The maximum Gasteiger partial charge on any atom is 0.238 e. The van der Waals surface area contributed by atoms with Crippen LogP contribution in [-0.4, -0.2) is 61.6 Å². The summed E-state index contributed by atoms with van der Waals surface area (Å²) in [7, 11) is -3.68. The van der Waals surface area contributed by atoms with Gasteiger partial charge in [0.05, 0.1) is 17.9 Å². The molecular formula is C28H44N2O6S. The van der Waals surface area contributed by atoms with Crippen molar-refractivity contribution >= 4 is 21.7 Å². The number of hydrogen-bond acceptors (Lipinski definition) is 6. The third kappa shape index (κ3) is 12.0. The summed E-state index contributed by atoms with van der Waals surface area (Å²) < 4.78 is 30.9. The van der Waals surface area contributed by atoms with Crippen molar-refractivity contribution in [3.8, 4) is 5.75 Å². The highest BCUT2D eigenvalue weighted by molar-refractivity contribution is 7.92. The van der Waals surface area contributed by atoms with Crippen LogP contribution in [0.5, 0.6) is 5.75 Å². The van der Waals surface area contributed by atoms with Gasteiger partial charge in [0.15, 0.2) is 9.84 Å². The second-order valence-electron chi connectivity index (χ2n) is 9.36. The average Bonchev–Trinajstić information content (AvgIpc) is 2.86. The summed E-state index contributed by atoms with van der Waals surface area (Å²) in [4.78, 5) is 25.4. The quantitative estimate of drug-likeness (QED) is 0.184. The molecule has 37 heavy (non-hydrogen) atoms. The Labute approximate surface area is 222 Å². The Hall–Kier alpha value is -2.65. The molecule has 4 atom stereocenters. The van der Waals surface area contributed by atoms with Crippen LogP contribution in [0.15, 0.2) is 49.6 Å². The lowest BCUT2D eigenvalue weighted by atomic mass is 9.93. The normalized spacial score (nSPS) is 14.6. The average molecular weight is 537 g/mol. The number of hydrogen-bond donors (Lipinski definition) is 3. The van der Waals surface area contributed by atoms with Crippen LogP contribution in [0.2, 0.25) is 0 Å². The van der Waals surface area contributed by atoms with Crippen LogP contribution in [0.25, 0.3) is 0 Å². The molecule has 0 saturated heterocycles. The smallest absolute Gasteiger partial charge is 0.238 e. The Morgan fingerprint density at radius 1 is 1.14 bits per heavy atom. The first-order chi connectivity index (χ1) is 17.5. The molecular weight excluding hydrogens is 492 g/mol. The molecule has 0 spiro atoms. The molecule has 1 aromatic carbocycles. The molecule has 0 aliphatic rings. The molecule has 2 amide bonds. The fourth-order valence-corrected chi connectivity index (χ4v) is 5.04. The van der Waals surface area contributed by atoms with Crippen molar-refractivity contribution in [3.05, 3.63) is 55.1 Å². The lowest BCUT2D eigenvalue weighted by Crippen LogP contribution is -2.50. The minimum Gasteiger partial charge on any atom is -0.490 e. The summed E-state index contributed by atoms with van der Waals surface area (Å²) >= 11 is 0. The second-order valence-corrected chi connectivity index (χ2v) is 11.8. The van der Waals surface area contributed by atoms with E-state index in [1.54, 1.807) is 37.3 Å². The van der Waals surface area contributed by atoms with E-state index in [9.17, 15) is 23.1 Å². The van der Waals surface area contributed by atoms with Crippen LogP contribution in [-0.2, 0) is 25.8 Å². The number of aliphatic hydroxyl groups excluding tert-OH is 1. The van der Waals surface area contributed by atoms with Gasteiger partial charge in [0.1, 0.15) is 17.6 Å². The molecule has 0 saturated carbocycles. The number of sulfone groups is 1. The Morgan fingerprint density at radius 3 is 2.51 bits per heavy atom. The van der Waals surface area contributed by atoms with Gasteiger partial charge < -0.3 is 20.5 Å². The number of aliphatic hydroxyl groups is 1. The van der Waals surface area contributed by atoms with E-state index >= 15 is 0 Å². The number of ether oxygens (including phenoxy) is 1. The molecule has 4 unspecified atom stereocenters. The molecule has 0 radical (unpaired) electrons. The fourth-order valence-electron chi connectivity index (χ4n) is 3.72. The summed E-state index contributed by atoms with van der Waals surface area (Å²) in [5.74, 6) is -0.858. The SMILES string of the molecule is C=CCCCS(=O)(=O)C(C)C(=O)NC(Cc1cccc(OCC=C)c1)C(O)CC(C)C(=O)NCCCC. The van der Waals surface area contributed by atoms with Crippen LogP contribution in [0.1, 0.15) is 58.4 Å². The van der Waals surface area contributed by atoms with Gasteiger partial charge in [-0.05, 0) is 56.7 Å². The fraction of sp³-hybridized carbons (Fsp3) is 0.571. The Morgan fingerprint density at radius 2 is 1.86 bits per heavy atom. The number of allylic oxidation sites excluding steroid dienone is 1. The number of amides is 2. The minimum atomic E-state index is -3.68. The lowest BCUT2D eigenvalue weighted by molar-refractivity contribution is -0.125. The predicted octanol–water partition coefficient (Wildman–Crippen LogP) is 3.35. The van der Waals surface area contributed by atoms with Crippen molar-refractivity contribution < 1.29 is 27.9 Å². The third-order valence-electron chi connectivity index (χ3n) is 6.13. The van der Waals surface area contributed by atoms with Crippen LogP contribution in [0, 0.1) is 5.92 Å². The van der Waals surface area contributed by atoms with Crippen LogP contribution in [0.4, 0.5) is 0 Å². The van der Waals surface area contributed by atoms with E-state index in [-0.39, 0.29) is 24.5 Å². The highest BCUT2D eigenvalue weighted by atomic mass is 32.2. The number of rotatable bonds is 19. The van der Waals surface area contributed by atoms with Crippen molar-refractivity contribution in [2.45, 2.75) is 76.7 Å². The molecule has 0 bridgehead atoms. The molecule has 0 aliphatic carbocycles. The van der Waals surface area contributed by atoms with Crippen molar-refractivity contribution in [3.63, 3.8) is 0 Å². The van der Waals surface area contributed by atoms with Gasteiger partial charge in [-0.2, -0.15) is 0 Å². The summed E-state index contributed by atoms with van der Waals surface area (Å²) in [5.41, 5.74) is 0.785. The number of carbonyl (C=O) groups excluding carboxylic acids is 2. The first-order valence-electron chi connectivity index (χ1n) is 13.0. The van der Waals surface area contributed by atoms with E-state index in [4.69, 9.17) is 4.74 Å². The second kappa shape index (κ2) is 17.0. The zero-order valence-electron chi connectivity index (χ0n) is 22.4. The van der Waals surface area contributed by atoms with Gasteiger partial charge in [-0.25, -0.2) is 8.42 Å². The van der Waals surface area contributed by atoms with Gasteiger partial charge in [0, 0.05) is 12.5 Å². The third-order valence-corrected chi connectivity index (χ3v) is 8.28. The van der Waals surface area contributed by atoms with E-state index < -0.39 is 39.1 Å². The van der Waals surface area contributed by atoms with Crippen LogP contribution in [0.3, 0.4) is 0 Å². The molecule has 8 nitrogen and oxygen atoms in total. The van der Waals surface area contributed by atoms with E-state index in [2.05, 4.69) is 23.8 Å².